The van der Waals surface area contributed by atoms with E-state index in [9.17, 15) is 0 Å². The maximum atomic E-state index is 5.27. The van der Waals surface area contributed by atoms with Crippen LogP contribution in [0.5, 0.6) is 0 Å². The van der Waals surface area contributed by atoms with E-state index in [1.54, 1.807) is 6.08 Å². The summed E-state index contributed by atoms with van der Waals surface area (Å²) in [6, 6.07) is 6.10. The molecule has 0 atom stereocenters. The Labute approximate surface area is 78.8 Å². The molecular weight excluding hydrogens is 160 g/mol. The van der Waals surface area contributed by atoms with Gasteiger partial charge in [-0.05, 0) is 31.1 Å². The number of nitrogens with zero attached hydrogens (tertiary/aromatic N) is 1. The smallest absolute Gasteiger partial charge is 0.0898 e. The van der Waals surface area contributed by atoms with Crippen molar-refractivity contribution in [1.82, 2.24) is 0 Å². The minimum Gasteiger partial charge on any atom is -0.323 e. The van der Waals surface area contributed by atoms with Crippen molar-refractivity contribution < 1.29 is 0 Å². The Bertz CT molecular complexity index is 331. The molecule has 68 valence electrons. The number of rotatable bonds is 2. The summed E-state index contributed by atoms with van der Waals surface area (Å²) in [5, 5.41) is 3.70. The van der Waals surface area contributed by atoms with Gasteiger partial charge in [-0.3, -0.25) is 0 Å². The lowest BCUT2D eigenvalue weighted by Gasteiger charge is -2.07. The summed E-state index contributed by atoms with van der Waals surface area (Å²) < 4.78 is 0. The Hall–Kier alpha value is -1.57. The molecule has 1 rings (SSSR count). The monoisotopic (exact) mass is 174 g/mol. The van der Waals surface area contributed by atoms with Crippen LogP contribution >= 0.6 is 0 Å². The molecule has 0 aliphatic heterocycles. The van der Waals surface area contributed by atoms with Crippen LogP contribution in [0.15, 0.2) is 36.0 Å². The van der Waals surface area contributed by atoms with Crippen LogP contribution in [0.3, 0.4) is 0 Å². The summed E-state index contributed by atoms with van der Waals surface area (Å²) in [5.74, 6) is 5.27. The molecule has 13 heavy (non-hydrogen) atoms. The van der Waals surface area contributed by atoms with Crippen LogP contribution in [-0.4, -0.2) is 5.71 Å². The van der Waals surface area contributed by atoms with E-state index in [0.29, 0.717) is 0 Å². The average Bonchev–Trinajstić information content (AvgIpc) is 2.11. The number of benzene rings is 1. The van der Waals surface area contributed by atoms with Gasteiger partial charge in [0.25, 0.3) is 0 Å². The zero-order valence-corrected chi connectivity index (χ0v) is 8.04. The van der Waals surface area contributed by atoms with Gasteiger partial charge in [-0.1, -0.05) is 24.8 Å². The lowest BCUT2D eigenvalue weighted by atomic mass is 9.99. The van der Waals surface area contributed by atoms with E-state index in [2.05, 4.69) is 11.7 Å². The zero-order valence-electron chi connectivity index (χ0n) is 8.04. The van der Waals surface area contributed by atoms with Gasteiger partial charge in [0.2, 0.25) is 0 Å². The van der Waals surface area contributed by atoms with Crippen molar-refractivity contribution in [3.63, 3.8) is 0 Å². The highest BCUT2D eigenvalue weighted by atomic mass is 15.1. The molecule has 0 amide bonds. The largest absolute Gasteiger partial charge is 0.323 e. The third-order valence-corrected chi connectivity index (χ3v) is 2.07. The normalized spacial score (nSPS) is 11.4. The van der Waals surface area contributed by atoms with Gasteiger partial charge in [-0.25, -0.2) is 0 Å². The Kier molecular flexibility index (Phi) is 2.85. The first-order valence-corrected chi connectivity index (χ1v) is 4.17. The SMILES string of the molecule is C=C/C(=N\N)c1c(C)cccc1C. The Morgan fingerprint density at radius 2 is 1.92 bits per heavy atom. The average molecular weight is 174 g/mol. The molecule has 0 heterocycles. The van der Waals surface area contributed by atoms with Gasteiger partial charge in [0.05, 0.1) is 5.71 Å². The third-order valence-electron chi connectivity index (χ3n) is 2.07. The van der Waals surface area contributed by atoms with Gasteiger partial charge in [0, 0.05) is 5.56 Å². The molecule has 0 aliphatic carbocycles. The van der Waals surface area contributed by atoms with Crippen LogP contribution in [0.2, 0.25) is 0 Å². The van der Waals surface area contributed by atoms with Gasteiger partial charge in [0.15, 0.2) is 0 Å². The van der Waals surface area contributed by atoms with Crippen LogP contribution < -0.4 is 5.84 Å². The van der Waals surface area contributed by atoms with E-state index >= 15 is 0 Å². The van der Waals surface area contributed by atoms with E-state index in [1.807, 2.05) is 32.0 Å². The summed E-state index contributed by atoms with van der Waals surface area (Å²) in [6.45, 7) is 7.76. The fraction of sp³-hybridized carbons (Fsp3) is 0.182. The maximum Gasteiger partial charge on any atom is 0.0898 e. The van der Waals surface area contributed by atoms with Crippen LogP contribution in [-0.2, 0) is 0 Å². The predicted molar refractivity (Wildman–Crippen MR) is 56.8 cm³/mol. The van der Waals surface area contributed by atoms with E-state index in [-0.39, 0.29) is 0 Å². The zero-order chi connectivity index (χ0) is 9.84. The Balaban J connectivity index is 3.35. The molecule has 0 bridgehead atoms. The summed E-state index contributed by atoms with van der Waals surface area (Å²) in [4.78, 5) is 0. The van der Waals surface area contributed by atoms with Crippen LogP contribution in [0.25, 0.3) is 0 Å². The minimum absolute atomic E-state index is 0.746. The van der Waals surface area contributed by atoms with Crippen molar-refractivity contribution >= 4 is 5.71 Å². The molecule has 0 fully saturated rings. The minimum atomic E-state index is 0.746. The van der Waals surface area contributed by atoms with Crippen molar-refractivity contribution in [1.29, 1.82) is 0 Å². The van der Waals surface area contributed by atoms with Gasteiger partial charge in [-0.15, -0.1) is 0 Å². The van der Waals surface area contributed by atoms with Crippen molar-refractivity contribution in [2.75, 3.05) is 0 Å². The molecule has 0 saturated heterocycles. The standard InChI is InChI=1S/C11H14N2/c1-4-10(13-12)11-8(2)6-5-7-9(11)3/h4-7H,1,12H2,2-3H3/b13-10+. The van der Waals surface area contributed by atoms with Crippen molar-refractivity contribution in [3.8, 4) is 0 Å². The highest BCUT2D eigenvalue weighted by Gasteiger charge is 2.05. The Morgan fingerprint density at radius 1 is 1.38 bits per heavy atom. The van der Waals surface area contributed by atoms with Crippen molar-refractivity contribution in [2.24, 2.45) is 10.9 Å². The molecule has 0 aliphatic rings. The van der Waals surface area contributed by atoms with E-state index in [1.165, 1.54) is 11.1 Å². The molecule has 0 radical (unpaired) electrons. The highest BCUT2D eigenvalue weighted by Crippen LogP contribution is 2.14. The second-order valence-corrected chi connectivity index (χ2v) is 2.99. The molecular formula is C11H14N2. The molecule has 1 aromatic carbocycles. The summed E-state index contributed by atoms with van der Waals surface area (Å²) in [5.41, 5.74) is 4.17. The van der Waals surface area contributed by atoms with E-state index < -0.39 is 0 Å². The maximum absolute atomic E-state index is 5.27. The molecule has 2 N–H and O–H groups in total. The molecule has 0 saturated carbocycles. The molecule has 0 aromatic heterocycles. The first-order valence-electron chi connectivity index (χ1n) is 4.17. The fourth-order valence-electron chi connectivity index (χ4n) is 1.44. The quantitative estimate of drug-likeness (QED) is 0.416. The molecule has 0 unspecified atom stereocenters. The van der Waals surface area contributed by atoms with Gasteiger partial charge in [0.1, 0.15) is 0 Å². The second kappa shape index (κ2) is 3.90. The fourth-order valence-corrected chi connectivity index (χ4v) is 1.44. The second-order valence-electron chi connectivity index (χ2n) is 2.99. The van der Waals surface area contributed by atoms with Crippen LogP contribution in [0.4, 0.5) is 0 Å². The van der Waals surface area contributed by atoms with Gasteiger partial charge >= 0.3 is 0 Å². The van der Waals surface area contributed by atoms with E-state index in [0.717, 1.165) is 11.3 Å². The highest BCUT2D eigenvalue weighted by molar-refractivity contribution is 6.10. The Morgan fingerprint density at radius 3 is 2.31 bits per heavy atom. The van der Waals surface area contributed by atoms with E-state index in [4.69, 9.17) is 5.84 Å². The first kappa shape index (κ1) is 9.52. The first-order chi connectivity index (χ1) is 6.20. The molecule has 0 spiro atoms. The predicted octanol–water partition coefficient (Wildman–Crippen LogP) is 2.15. The van der Waals surface area contributed by atoms with Gasteiger partial charge in [-0.2, -0.15) is 5.10 Å². The summed E-state index contributed by atoms with van der Waals surface area (Å²) >= 11 is 0. The number of hydrazone groups is 1. The number of hydrogen-bond donors (Lipinski definition) is 1. The lowest BCUT2D eigenvalue weighted by molar-refractivity contribution is 1.23. The number of hydrogen-bond acceptors (Lipinski definition) is 2. The summed E-state index contributed by atoms with van der Waals surface area (Å²) in [7, 11) is 0. The third kappa shape index (κ3) is 1.78. The number of nitrogens with two attached hydrogens (primary N) is 1. The van der Waals surface area contributed by atoms with Crippen LogP contribution in [0.1, 0.15) is 16.7 Å². The lowest BCUT2D eigenvalue weighted by Crippen LogP contribution is -2.05. The molecule has 1 aromatic rings. The summed E-state index contributed by atoms with van der Waals surface area (Å²) in [6.07, 6.45) is 1.68. The number of allylic oxidation sites excluding steroid dienone is 1. The van der Waals surface area contributed by atoms with Crippen LogP contribution in [0, 0.1) is 13.8 Å². The topological polar surface area (TPSA) is 38.4 Å². The van der Waals surface area contributed by atoms with Gasteiger partial charge < -0.3 is 5.84 Å². The number of aryl methyl sites for hydroxylation is 2. The molecule has 2 heteroatoms. The molecule has 2 nitrogen and oxygen atoms in total. The van der Waals surface area contributed by atoms with Crippen molar-refractivity contribution in [2.45, 2.75) is 13.8 Å². The van der Waals surface area contributed by atoms with Crippen molar-refractivity contribution in [3.05, 3.63) is 47.5 Å².